The zero-order valence-electron chi connectivity index (χ0n) is 9.47. The number of benzene rings is 1. The van der Waals surface area contributed by atoms with Gasteiger partial charge >= 0.3 is 0 Å². The number of ether oxygens (including phenoxy) is 1. The quantitative estimate of drug-likeness (QED) is 0.883. The number of halogens is 3. The summed E-state index contributed by atoms with van der Waals surface area (Å²) < 4.78 is 45.3. The lowest BCUT2D eigenvalue weighted by Crippen LogP contribution is -2.27. The van der Waals surface area contributed by atoms with Crippen molar-refractivity contribution in [2.75, 3.05) is 20.3 Å². The van der Waals surface area contributed by atoms with Crippen LogP contribution in [0.4, 0.5) is 13.2 Å². The van der Waals surface area contributed by atoms with Gasteiger partial charge in [-0.25, -0.2) is 13.2 Å². The highest BCUT2D eigenvalue weighted by molar-refractivity contribution is 5.25. The molecule has 0 radical (unpaired) electrons. The van der Waals surface area contributed by atoms with Crippen molar-refractivity contribution in [3.05, 3.63) is 35.1 Å². The Bertz CT molecular complexity index is 382. The van der Waals surface area contributed by atoms with Crippen LogP contribution in [-0.2, 0) is 4.74 Å². The van der Waals surface area contributed by atoms with Gasteiger partial charge in [-0.3, -0.25) is 0 Å². The third-order valence-corrected chi connectivity index (χ3v) is 3.10. The van der Waals surface area contributed by atoms with E-state index in [2.05, 4.69) is 5.32 Å². The van der Waals surface area contributed by atoms with E-state index in [0.717, 1.165) is 6.42 Å². The topological polar surface area (TPSA) is 21.3 Å². The molecule has 1 aromatic rings. The van der Waals surface area contributed by atoms with Crippen LogP contribution in [-0.4, -0.2) is 20.3 Å². The van der Waals surface area contributed by atoms with Gasteiger partial charge in [-0.05, 0) is 13.5 Å². The smallest absolute Gasteiger partial charge is 0.133 e. The average Bonchev–Trinajstić information content (AvgIpc) is 2.76. The molecule has 1 fully saturated rings. The van der Waals surface area contributed by atoms with Gasteiger partial charge in [0.25, 0.3) is 0 Å². The molecule has 1 aliphatic heterocycles. The second-order valence-corrected chi connectivity index (χ2v) is 4.17. The Morgan fingerprint density at radius 3 is 2.41 bits per heavy atom. The maximum Gasteiger partial charge on any atom is 0.133 e. The first-order valence-corrected chi connectivity index (χ1v) is 5.53. The second-order valence-electron chi connectivity index (χ2n) is 4.17. The molecule has 1 aromatic carbocycles. The molecule has 94 valence electrons. The molecule has 0 bridgehead atoms. The minimum absolute atomic E-state index is 0.00876. The van der Waals surface area contributed by atoms with Crippen LogP contribution in [0.2, 0.25) is 0 Å². The third kappa shape index (κ3) is 2.45. The van der Waals surface area contributed by atoms with Gasteiger partial charge < -0.3 is 10.1 Å². The fourth-order valence-corrected chi connectivity index (χ4v) is 2.28. The highest BCUT2D eigenvalue weighted by Crippen LogP contribution is 2.32. The lowest BCUT2D eigenvalue weighted by molar-refractivity contribution is 0.176. The minimum Gasteiger partial charge on any atom is -0.381 e. The van der Waals surface area contributed by atoms with E-state index in [1.165, 1.54) is 0 Å². The van der Waals surface area contributed by atoms with Crippen LogP contribution in [0, 0.1) is 23.4 Å². The van der Waals surface area contributed by atoms with Crippen molar-refractivity contribution in [2.45, 2.75) is 12.5 Å². The normalized spacial score (nSPS) is 21.8. The number of nitrogens with one attached hydrogen (secondary N) is 1. The van der Waals surface area contributed by atoms with E-state index in [1.807, 2.05) is 0 Å². The molecule has 0 amide bonds. The molecule has 1 N–H and O–H groups in total. The Labute approximate surface area is 97.8 Å². The van der Waals surface area contributed by atoms with Crippen LogP contribution in [0.25, 0.3) is 0 Å². The first kappa shape index (κ1) is 12.4. The summed E-state index contributed by atoms with van der Waals surface area (Å²) in [6, 6.07) is 0.926. The largest absolute Gasteiger partial charge is 0.381 e. The zero-order valence-corrected chi connectivity index (χ0v) is 9.47. The second kappa shape index (κ2) is 5.06. The van der Waals surface area contributed by atoms with E-state index in [9.17, 15) is 13.2 Å². The van der Waals surface area contributed by atoms with E-state index in [1.54, 1.807) is 7.05 Å². The van der Waals surface area contributed by atoms with Gasteiger partial charge in [-0.1, -0.05) is 0 Å². The first-order valence-electron chi connectivity index (χ1n) is 5.53. The third-order valence-electron chi connectivity index (χ3n) is 3.10. The molecule has 2 nitrogen and oxygen atoms in total. The molecule has 1 heterocycles. The van der Waals surface area contributed by atoms with Crippen LogP contribution in [0.15, 0.2) is 12.1 Å². The summed E-state index contributed by atoms with van der Waals surface area (Å²) in [5.74, 6) is -2.60. The van der Waals surface area contributed by atoms with E-state index < -0.39 is 23.5 Å². The standard InChI is InChI=1S/C12H14F3NO/c1-16-12(7-2-3-17-6-7)11-9(14)4-8(13)5-10(11)15/h4-5,7,12,16H,2-3,6H2,1H3. The summed E-state index contributed by atoms with van der Waals surface area (Å²) in [5, 5.41) is 2.88. The Morgan fingerprint density at radius 1 is 1.29 bits per heavy atom. The summed E-state index contributed by atoms with van der Waals surface area (Å²) in [6.07, 6.45) is 0.738. The van der Waals surface area contributed by atoms with Crippen molar-refractivity contribution in [1.29, 1.82) is 0 Å². The van der Waals surface area contributed by atoms with Gasteiger partial charge in [0, 0.05) is 36.3 Å². The van der Waals surface area contributed by atoms with Gasteiger partial charge in [0.1, 0.15) is 17.5 Å². The Balaban J connectivity index is 2.36. The van der Waals surface area contributed by atoms with Gasteiger partial charge in [-0.15, -0.1) is 0 Å². The Kier molecular flexibility index (Phi) is 3.69. The zero-order chi connectivity index (χ0) is 12.4. The van der Waals surface area contributed by atoms with Crippen molar-refractivity contribution < 1.29 is 17.9 Å². The van der Waals surface area contributed by atoms with Gasteiger partial charge in [0.2, 0.25) is 0 Å². The minimum atomic E-state index is -0.902. The SMILES string of the molecule is CNC(c1c(F)cc(F)cc1F)C1CCOC1. The number of rotatable bonds is 3. The molecule has 0 aliphatic carbocycles. The molecular formula is C12H14F3NO. The summed E-state index contributed by atoms with van der Waals surface area (Å²) in [7, 11) is 1.63. The van der Waals surface area contributed by atoms with Crippen molar-refractivity contribution >= 4 is 0 Å². The molecule has 1 saturated heterocycles. The predicted octanol–water partition coefficient (Wildman–Crippen LogP) is 2.40. The van der Waals surface area contributed by atoms with Crippen molar-refractivity contribution in [2.24, 2.45) is 5.92 Å². The molecule has 2 unspecified atom stereocenters. The molecule has 17 heavy (non-hydrogen) atoms. The lowest BCUT2D eigenvalue weighted by Gasteiger charge is -2.23. The van der Waals surface area contributed by atoms with E-state index in [0.29, 0.717) is 25.3 Å². The van der Waals surface area contributed by atoms with Crippen LogP contribution in [0.1, 0.15) is 18.0 Å². The maximum absolute atomic E-state index is 13.6. The predicted molar refractivity (Wildman–Crippen MR) is 57.0 cm³/mol. The maximum atomic E-state index is 13.6. The van der Waals surface area contributed by atoms with E-state index in [4.69, 9.17) is 4.74 Å². The highest BCUT2D eigenvalue weighted by Gasteiger charge is 2.30. The van der Waals surface area contributed by atoms with E-state index >= 15 is 0 Å². The summed E-state index contributed by atoms with van der Waals surface area (Å²) in [4.78, 5) is 0. The van der Waals surface area contributed by atoms with Crippen LogP contribution < -0.4 is 5.32 Å². The number of hydrogen-bond acceptors (Lipinski definition) is 2. The summed E-state index contributed by atoms with van der Waals surface area (Å²) >= 11 is 0. The fourth-order valence-electron chi connectivity index (χ4n) is 2.28. The van der Waals surface area contributed by atoms with Gasteiger partial charge in [0.15, 0.2) is 0 Å². The molecule has 2 rings (SSSR count). The van der Waals surface area contributed by atoms with Gasteiger partial charge in [-0.2, -0.15) is 0 Å². The summed E-state index contributed by atoms with van der Waals surface area (Å²) in [6.45, 7) is 1.05. The fraction of sp³-hybridized carbons (Fsp3) is 0.500. The molecular weight excluding hydrogens is 231 g/mol. The molecule has 5 heteroatoms. The molecule has 0 spiro atoms. The summed E-state index contributed by atoms with van der Waals surface area (Å²) in [5.41, 5.74) is -0.107. The van der Waals surface area contributed by atoms with Gasteiger partial charge in [0.05, 0.1) is 6.61 Å². The molecule has 0 saturated carbocycles. The lowest BCUT2D eigenvalue weighted by atomic mass is 9.91. The van der Waals surface area contributed by atoms with Crippen molar-refractivity contribution in [1.82, 2.24) is 5.32 Å². The highest BCUT2D eigenvalue weighted by atomic mass is 19.1. The van der Waals surface area contributed by atoms with Crippen LogP contribution in [0.5, 0.6) is 0 Å². The first-order chi connectivity index (χ1) is 8.13. The average molecular weight is 245 g/mol. The molecule has 0 aromatic heterocycles. The Morgan fingerprint density at radius 2 is 1.94 bits per heavy atom. The van der Waals surface area contributed by atoms with Crippen molar-refractivity contribution in [3.63, 3.8) is 0 Å². The van der Waals surface area contributed by atoms with E-state index in [-0.39, 0.29) is 11.5 Å². The monoisotopic (exact) mass is 245 g/mol. The van der Waals surface area contributed by atoms with Crippen LogP contribution >= 0.6 is 0 Å². The molecule has 2 atom stereocenters. The Hall–Kier alpha value is -1.07. The number of hydrogen-bond donors (Lipinski definition) is 1. The van der Waals surface area contributed by atoms with Crippen LogP contribution in [0.3, 0.4) is 0 Å². The molecule has 1 aliphatic rings. The van der Waals surface area contributed by atoms with Crippen molar-refractivity contribution in [3.8, 4) is 0 Å².